The van der Waals surface area contributed by atoms with Crippen molar-refractivity contribution in [2.24, 2.45) is 0 Å². The number of aryl methyl sites for hydroxylation is 1. The molecule has 264 valence electrons. The number of thioether (sulfide) groups is 6. The molecule has 0 saturated carbocycles. The number of benzene rings is 2. The van der Waals surface area contributed by atoms with Gasteiger partial charge < -0.3 is 28.4 Å². The molecule has 3 aromatic rings. The predicted octanol–water partition coefficient (Wildman–Crippen LogP) is 7.97. The molecule has 0 saturated heterocycles. The van der Waals surface area contributed by atoms with Gasteiger partial charge in [-0.1, -0.05) is 76.9 Å². The number of hydrogen-bond donors (Lipinski definition) is 0. The lowest BCUT2D eigenvalue weighted by Crippen LogP contribution is -2.13. The van der Waals surface area contributed by atoms with Gasteiger partial charge in [0.2, 0.25) is 0 Å². The number of rotatable bonds is 2. The quantitative estimate of drug-likeness (QED) is 0.251. The van der Waals surface area contributed by atoms with Gasteiger partial charge in [0.1, 0.15) is 13.2 Å². The average molecular weight is 800 g/mol. The van der Waals surface area contributed by atoms with E-state index < -0.39 is 10.0 Å². The Bertz CT molecular complexity index is 1640. The third-order valence-electron chi connectivity index (χ3n) is 6.92. The van der Waals surface area contributed by atoms with E-state index in [4.69, 9.17) is 28.4 Å². The van der Waals surface area contributed by atoms with E-state index in [0.717, 1.165) is 26.9 Å². The molecule has 3 aliphatic rings. The Hall–Kier alpha value is -1.31. The summed E-state index contributed by atoms with van der Waals surface area (Å²) in [5.41, 5.74) is 1.02. The Kier molecular flexibility index (Phi) is 14.5. The smallest absolute Gasteiger partial charge is 0.267 e. The van der Waals surface area contributed by atoms with E-state index in [0.29, 0.717) is 77.6 Å². The topological polar surface area (TPSA) is 94.5 Å². The lowest BCUT2D eigenvalue weighted by molar-refractivity contribution is 0.0377. The van der Waals surface area contributed by atoms with Gasteiger partial charge in [-0.25, -0.2) is 12.4 Å². The van der Waals surface area contributed by atoms with Gasteiger partial charge >= 0.3 is 0 Å². The number of para-hydroxylation sites is 2. The molecule has 0 amide bonds. The largest absolute Gasteiger partial charge is 0.487 e. The number of aromatic nitrogens is 1. The maximum atomic E-state index is 13.2. The van der Waals surface area contributed by atoms with Gasteiger partial charge in [0, 0.05) is 33.7 Å². The molecule has 16 heteroatoms. The summed E-state index contributed by atoms with van der Waals surface area (Å²) in [6.45, 7) is 6.96. The summed E-state index contributed by atoms with van der Waals surface area (Å²) in [6, 6.07) is 14.6. The molecule has 0 bridgehead atoms. The van der Waals surface area contributed by atoms with Crippen molar-refractivity contribution in [2.75, 3.05) is 77.6 Å². The van der Waals surface area contributed by atoms with E-state index in [1.54, 1.807) is 95.1 Å². The van der Waals surface area contributed by atoms with Crippen molar-refractivity contribution in [3.63, 3.8) is 0 Å². The van der Waals surface area contributed by atoms with E-state index in [2.05, 4.69) is 0 Å². The lowest BCUT2D eigenvalue weighted by atomic mass is 10.2. The molecule has 0 spiro atoms. The second-order valence-electron chi connectivity index (χ2n) is 10.5. The Morgan fingerprint density at radius 1 is 0.551 bits per heavy atom. The summed E-state index contributed by atoms with van der Waals surface area (Å²) in [4.78, 5) is 2.19. The zero-order chi connectivity index (χ0) is 33.9. The molecule has 0 N–H and O–H groups in total. The van der Waals surface area contributed by atoms with E-state index >= 15 is 0 Å². The molecular weight excluding hydrogens is 763 g/mol. The van der Waals surface area contributed by atoms with Crippen molar-refractivity contribution in [3.05, 3.63) is 83.4 Å². The molecule has 0 aliphatic carbocycles. The Balaban J connectivity index is 1.03. The predicted molar refractivity (Wildman–Crippen MR) is 205 cm³/mol. The van der Waals surface area contributed by atoms with Crippen LogP contribution < -0.4 is 9.47 Å². The third-order valence-corrected chi connectivity index (χ3v) is 17.0. The fourth-order valence-electron chi connectivity index (χ4n) is 4.50. The zero-order valence-electron chi connectivity index (χ0n) is 26.8. The second-order valence-corrected chi connectivity index (χ2v) is 19.7. The first kappa shape index (κ1) is 37.4. The highest BCUT2D eigenvalue weighted by molar-refractivity contribution is 8.42. The van der Waals surface area contributed by atoms with Crippen LogP contribution in [0.4, 0.5) is 0 Å². The zero-order valence-corrected chi connectivity index (χ0v) is 32.5. The number of nitrogens with zero attached hydrogens (tertiary/aromatic N) is 1. The van der Waals surface area contributed by atoms with Gasteiger partial charge in [0.05, 0.1) is 74.7 Å². The lowest BCUT2D eigenvalue weighted by Gasteiger charge is -2.13. The summed E-state index contributed by atoms with van der Waals surface area (Å²) in [6.07, 6.45) is 3.46. The normalized spacial score (nSPS) is 19.7. The van der Waals surface area contributed by atoms with Gasteiger partial charge in [-0.15, -0.1) is 23.5 Å². The Morgan fingerprint density at radius 3 is 1.51 bits per heavy atom. The van der Waals surface area contributed by atoms with Crippen LogP contribution >= 0.6 is 70.6 Å². The van der Waals surface area contributed by atoms with Crippen LogP contribution in [-0.2, 0) is 29.0 Å². The minimum atomic E-state index is -3.64. The molecule has 0 unspecified atom stereocenters. The highest BCUT2D eigenvalue weighted by Gasteiger charge is 2.31. The summed E-state index contributed by atoms with van der Waals surface area (Å²) < 4.78 is 67.6. The van der Waals surface area contributed by atoms with Crippen molar-refractivity contribution in [1.82, 2.24) is 3.97 Å². The first-order chi connectivity index (χ1) is 24.0. The third kappa shape index (κ3) is 10.6. The molecule has 49 heavy (non-hydrogen) atoms. The van der Waals surface area contributed by atoms with E-state index in [1.807, 2.05) is 43.3 Å². The average Bonchev–Trinajstić information content (AvgIpc) is 3.81. The van der Waals surface area contributed by atoms with Crippen molar-refractivity contribution < 1.29 is 36.8 Å². The van der Waals surface area contributed by atoms with Crippen LogP contribution in [0.3, 0.4) is 0 Å². The van der Waals surface area contributed by atoms with E-state index in [1.165, 1.54) is 20.9 Å². The summed E-state index contributed by atoms with van der Waals surface area (Å²) in [7, 11) is -3.64. The van der Waals surface area contributed by atoms with Crippen LogP contribution in [0.25, 0.3) is 0 Å². The maximum Gasteiger partial charge on any atom is 0.267 e. The highest BCUT2D eigenvalue weighted by Crippen LogP contribution is 2.64. The Morgan fingerprint density at radius 2 is 1.00 bits per heavy atom. The van der Waals surface area contributed by atoms with Crippen molar-refractivity contribution in [1.29, 1.82) is 0 Å². The molecule has 0 radical (unpaired) electrons. The van der Waals surface area contributed by atoms with Gasteiger partial charge in [-0.3, -0.25) is 0 Å². The van der Waals surface area contributed by atoms with Crippen molar-refractivity contribution >= 4 is 80.6 Å². The number of hydrogen-bond acceptors (Lipinski definition) is 14. The molecule has 3 aliphatic heterocycles. The first-order valence-corrected chi connectivity index (χ1v) is 22.3. The number of fused-ring (bicyclic) bond motifs is 2. The standard InChI is InChI=1S/C33H37NO8S7/c1-24-6-8-25(9-7-24)49(35,36)34-22-28-29(23-34)46-32(45-28)33-47-30-31(48-33)44-21-19-40-13-11-38-15-17-42-27-5-3-2-4-26(27)41-16-14-37-10-12-39-18-20-43-30/h2-9,22-23H,10-21H2,1H3. The van der Waals surface area contributed by atoms with Crippen molar-refractivity contribution in [3.8, 4) is 11.5 Å². The first-order valence-electron chi connectivity index (χ1n) is 15.6. The SMILES string of the molecule is Cc1ccc(S(=O)(=O)n2cc3c(c2)SC(=C2SC4=C(SCCOCCOCCOc5ccccc5OCCOCCOCCS4)S2)S3)cc1. The van der Waals surface area contributed by atoms with Gasteiger partial charge in [-0.2, -0.15) is 0 Å². The van der Waals surface area contributed by atoms with Crippen LogP contribution in [0.2, 0.25) is 0 Å². The van der Waals surface area contributed by atoms with E-state index in [9.17, 15) is 8.42 Å². The van der Waals surface area contributed by atoms with Crippen LogP contribution in [0.15, 0.2) is 92.6 Å². The van der Waals surface area contributed by atoms with Crippen LogP contribution in [0, 0.1) is 6.92 Å². The van der Waals surface area contributed by atoms with Crippen LogP contribution in [-0.4, -0.2) is 90.0 Å². The molecule has 2 aromatic carbocycles. The monoisotopic (exact) mass is 799 g/mol. The van der Waals surface area contributed by atoms with Gasteiger partial charge in [-0.05, 0) is 31.2 Å². The van der Waals surface area contributed by atoms with Crippen molar-refractivity contribution in [2.45, 2.75) is 21.6 Å². The molecular formula is C33H37NO8S7. The fourth-order valence-corrected chi connectivity index (χ4v) is 14.3. The molecule has 0 fully saturated rings. The molecule has 1 aromatic heterocycles. The summed E-state index contributed by atoms with van der Waals surface area (Å²) in [5, 5.41) is 0. The fraction of sp³-hybridized carbons (Fsp3) is 0.394. The van der Waals surface area contributed by atoms with Crippen LogP contribution in [0.5, 0.6) is 11.5 Å². The highest BCUT2D eigenvalue weighted by atomic mass is 32.3. The maximum absolute atomic E-state index is 13.2. The molecule has 0 atom stereocenters. The molecule has 4 heterocycles. The molecule has 9 nitrogen and oxygen atoms in total. The van der Waals surface area contributed by atoms with Gasteiger partial charge in [0.25, 0.3) is 10.0 Å². The number of ether oxygens (including phenoxy) is 6. The van der Waals surface area contributed by atoms with Crippen LogP contribution in [0.1, 0.15) is 5.56 Å². The molecule has 6 rings (SSSR count). The second kappa shape index (κ2) is 19.0. The summed E-state index contributed by atoms with van der Waals surface area (Å²) in [5.74, 6) is 3.02. The minimum absolute atomic E-state index is 0.286. The summed E-state index contributed by atoms with van der Waals surface area (Å²) >= 11 is 10.4. The Labute approximate surface area is 313 Å². The van der Waals surface area contributed by atoms with E-state index in [-0.39, 0.29) is 4.90 Å². The van der Waals surface area contributed by atoms with Gasteiger partial charge in [0.15, 0.2) is 11.5 Å². The minimum Gasteiger partial charge on any atom is -0.487 e.